The average molecular weight is 382 g/mol. The molecule has 142 valence electrons. The summed E-state index contributed by atoms with van der Waals surface area (Å²) in [5.41, 5.74) is 1.72. The van der Waals surface area contributed by atoms with Gasteiger partial charge in [-0.25, -0.2) is 13.8 Å². The van der Waals surface area contributed by atoms with Gasteiger partial charge in [-0.15, -0.1) is 0 Å². The smallest absolute Gasteiger partial charge is 0.277 e. The standard InChI is InChI=1S/C20H16F2N4O2/c21-13-6-5-12(15(22)9-13)10-23-17(27)7-8-26-11-24-18-14-3-1-2-4-16(14)25-19(18)20(26)28/h1-6,9,11,25H,7-8,10H2,(H,23,27). The third-order valence-corrected chi connectivity index (χ3v) is 4.55. The molecule has 0 bridgehead atoms. The van der Waals surface area contributed by atoms with Crippen LogP contribution in [0.5, 0.6) is 0 Å². The quantitative estimate of drug-likeness (QED) is 0.557. The second kappa shape index (κ2) is 7.22. The maximum atomic E-state index is 13.6. The molecule has 0 radical (unpaired) electrons. The van der Waals surface area contributed by atoms with Crippen LogP contribution in [-0.4, -0.2) is 20.4 Å². The van der Waals surface area contributed by atoms with Gasteiger partial charge in [0, 0.05) is 42.0 Å². The van der Waals surface area contributed by atoms with Crippen molar-refractivity contribution in [3.05, 3.63) is 76.3 Å². The molecule has 0 spiro atoms. The number of carbonyl (C=O) groups is 1. The van der Waals surface area contributed by atoms with Crippen molar-refractivity contribution in [1.82, 2.24) is 19.9 Å². The predicted molar refractivity (Wildman–Crippen MR) is 101 cm³/mol. The lowest BCUT2D eigenvalue weighted by atomic mass is 10.2. The van der Waals surface area contributed by atoms with Crippen LogP contribution in [0.25, 0.3) is 21.9 Å². The summed E-state index contributed by atoms with van der Waals surface area (Å²) in [4.78, 5) is 32.1. The zero-order chi connectivity index (χ0) is 19.7. The molecule has 0 atom stereocenters. The van der Waals surface area contributed by atoms with E-state index in [4.69, 9.17) is 0 Å². The minimum Gasteiger partial charge on any atom is -0.352 e. The lowest BCUT2D eigenvalue weighted by Gasteiger charge is -2.08. The van der Waals surface area contributed by atoms with E-state index in [0.717, 1.165) is 23.0 Å². The van der Waals surface area contributed by atoms with E-state index in [-0.39, 0.29) is 36.5 Å². The van der Waals surface area contributed by atoms with Crippen LogP contribution < -0.4 is 10.9 Å². The fourth-order valence-electron chi connectivity index (χ4n) is 3.07. The van der Waals surface area contributed by atoms with Crippen molar-refractivity contribution in [2.45, 2.75) is 19.5 Å². The Morgan fingerprint density at radius 1 is 1.18 bits per heavy atom. The monoisotopic (exact) mass is 382 g/mol. The SMILES string of the molecule is O=C(CCn1cnc2c([nH]c3ccccc32)c1=O)NCc1ccc(F)cc1F. The summed E-state index contributed by atoms with van der Waals surface area (Å²) in [6.07, 6.45) is 1.44. The molecule has 0 aliphatic heterocycles. The highest BCUT2D eigenvalue weighted by Gasteiger charge is 2.12. The van der Waals surface area contributed by atoms with E-state index in [2.05, 4.69) is 15.3 Å². The van der Waals surface area contributed by atoms with E-state index >= 15 is 0 Å². The number of nitrogens with one attached hydrogen (secondary N) is 2. The Kier molecular flexibility index (Phi) is 4.60. The summed E-state index contributed by atoms with van der Waals surface area (Å²) >= 11 is 0. The highest BCUT2D eigenvalue weighted by atomic mass is 19.1. The number of aromatic amines is 1. The molecule has 0 saturated heterocycles. The third-order valence-electron chi connectivity index (χ3n) is 4.55. The molecule has 0 saturated carbocycles. The van der Waals surface area contributed by atoms with Crippen LogP contribution in [0.3, 0.4) is 0 Å². The Balaban J connectivity index is 1.45. The molecular weight excluding hydrogens is 366 g/mol. The number of carbonyl (C=O) groups excluding carboxylic acids is 1. The minimum absolute atomic E-state index is 0.0239. The number of rotatable bonds is 5. The second-order valence-corrected chi connectivity index (χ2v) is 6.40. The van der Waals surface area contributed by atoms with Gasteiger partial charge in [0.05, 0.1) is 6.33 Å². The van der Waals surface area contributed by atoms with Crippen LogP contribution in [0.1, 0.15) is 12.0 Å². The molecule has 8 heteroatoms. The number of aryl methyl sites for hydroxylation is 1. The van der Waals surface area contributed by atoms with E-state index < -0.39 is 11.6 Å². The van der Waals surface area contributed by atoms with Crippen LogP contribution in [-0.2, 0) is 17.9 Å². The number of hydrogen-bond donors (Lipinski definition) is 2. The van der Waals surface area contributed by atoms with Crippen molar-refractivity contribution < 1.29 is 13.6 Å². The number of hydrogen-bond acceptors (Lipinski definition) is 3. The average Bonchev–Trinajstić information content (AvgIpc) is 3.06. The molecule has 0 aliphatic rings. The molecular formula is C20H16F2N4O2. The second-order valence-electron chi connectivity index (χ2n) is 6.40. The highest BCUT2D eigenvalue weighted by Crippen LogP contribution is 2.20. The van der Waals surface area contributed by atoms with Gasteiger partial charge in [-0.2, -0.15) is 0 Å². The predicted octanol–water partition coefficient (Wildman–Crippen LogP) is 2.86. The first kappa shape index (κ1) is 17.8. The van der Waals surface area contributed by atoms with Crippen molar-refractivity contribution >= 4 is 27.8 Å². The number of halogens is 2. The molecule has 2 aromatic heterocycles. The van der Waals surface area contributed by atoms with Crippen LogP contribution in [0, 0.1) is 11.6 Å². The van der Waals surface area contributed by atoms with E-state index in [9.17, 15) is 18.4 Å². The number of para-hydroxylation sites is 1. The molecule has 2 N–H and O–H groups in total. The summed E-state index contributed by atoms with van der Waals surface area (Å²) < 4.78 is 27.9. The number of benzene rings is 2. The van der Waals surface area contributed by atoms with Crippen molar-refractivity contribution in [2.24, 2.45) is 0 Å². The molecule has 0 aliphatic carbocycles. The van der Waals surface area contributed by atoms with Crippen molar-refractivity contribution in [1.29, 1.82) is 0 Å². The highest BCUT2D eigenvalue weighted by molar-refractivity contribution is 6.04. The Hall–Kier alpha value is -3.55. The number of aromatic nitrogens is 3. The first-order valence-corrected chi connectivity index (χ1v) is 8.69. The summed E-state index contributed by atoms with van der Waals surface area (Å²) in [5.74, 6) is -1.75. The van der Waals surface area contributed by atoms with Crippen molar-refractivity contribution in [3.8, 4) is 0 Å². The van der Waals surface area contributed by atoms with Crippen LogP contribution in [0.4, 0.5) is 8.78 Å². The van der Waals surface area contributed by atoms with Gasteiger partial charge in [0.15, 0.2) is 0 Å². The van der Waals surface area contributed by atoms with E-state index in [1.54, 1.807) is 0 Å². The summed E-state index contributed by atoms with van der Waals surface area (Å²) in [7, 11) is 0. The number of H-pyrrole nitrogens is 1. The van der Waals surface area contributed by atoms with Crippen LogP contribution >= 0.6 is 0 Å². The molecule has 6 nitrogen and oxygen atoms in total. The summed E-state index contributed by atoms with van der Waals surface area (Å²) in [6.45, 7) is 0.0774. The van der Waals surface area contributed by atoms with Crippen LogP contribution in [0.2, 0.25) is 0 Å². The molecule has 0 unspecified atom stereocenters. The molecule has 28 heavy (non-hydrogen) atoms. The summed E-state index contributed by atoms with van der Waals surface area (Å²) in [5, 5.41) is 3.42. The topological polar surface area (TPSA) is 79.8 Å². The number of nitrogens with zero attached hydrogens (tertiary/aromatic N) is 2. The van der Waals surface area contributed by atoms with Gasteiger partial charge >= 0.3 is 0 Å². The van der Waals surface area contributed by atoms with Gasteiger partial charge in [0.25, 0.3) is 5.56 Å². The Morgan fingerprint density at radius 2 is 2.00 bits per heavy atom. The third kappa shape index (κ3) is 3.36. The van der Waals surface area contributed by atoms with E-state index in [0.29, 0.717) is 11.0 Å². The molecule has 1 amide bonds. The maximum Gasteiger partial charge on any atom is 0.277 e. The van der Waals surface area contributed by atoms with Crippen molar-refractivity contribution in [3.63, 3.8) is 0 Å². The van der Waals surface area contributed by atoms with Gasteiger partial charge in [-0.05, 0) is 12.1 Å². The fraction of sp³-hybridized carbons (Fsp3) is 0.150. The van der Waals surface area contributed by atoms with E-state index in [1.807, 2.05) is 24.3 Å². The van der Waals surface area contributed by atoms with Gasteiger partial charge < -0.3 is 10.3 Å². The zero-order valence-electron chi connectivity index (χ0n) is 14.7. The Labute approximate surface area is 157 Å². The molecule has 2 heterocycles. The normalized spacial score (nSPS) is 11.2. The molecule has 0 fully saturated rings. The Morgan fingerprint density at radius 3 is 2.82 bits per heavy atom. The van der Waals surface area contributed by atoms with Gasteiger partial charge in [0.1, 0.15) is 22.7 Å². The molecule has 2 aromatic carbocycles. The van der Waals surface area contributed by atoms with Gasteiger partial charge in [-0.1, -0.05) is 24.3 Å². The number of fused-ring (bicyclic) bond motifs is 3. The van der Waals surface area contributed by atoms with Gasteiger partial charge in [-0.3, -0.25) is 14.2 Å². The minimum atomic E-state index is -0.718. The first-order valence-electron chi connectivity index (χ1n) is 8.69. The first-order chi connectivity index (χ1) is 13.5. The largest absolute Gasteiger partial charge is 0.352 e. The molecule has 4 rings (SSSR count). The lowest BCUT2D eigenvalue weighted by molar-refractivity contribution is -0.121. The molecule has 4 aromatic rings. The van der Waals surface area contributed by atoms with Crippen molar-refractivity contribution in [2.75, 3.05) is 0 Å². The van der Waals surface area contributed by atoms with E-state index in [1.165, 1.54) is 17.0 Å². The maximum absolute atomic E-state index is 13.6. The van der Waals surface area contributed by atoms with Gasteiger partial charge in [0.2, 0.25) is 5.91 Å². The zero-order valence-corrected chi connectivity index (χ0v) is 14.7. The lowest BCUT2D eigenvalue weighted by Crippen LogP contribution is -2.27. The fourth-order valence-corrected chi connectivity index (χ4v) is 3.07. The number of amides is 1. The summed E-state index contributed by atoms with van der Waals surface area (Å²) in [6, 6.07) is 10.7. The van der Waals surface area contributed by atoms with Crippen LogP contribution in [0.15, 0.2) is 53.6 Å². The Bertz CT molecular complexity index is 1250.